The quantitative estimate of drug-likeness (QED) is 0.585. The molecule has 10 heteroatoms. The van der Waals surface area contributed by atoms with E-state index in [4.69, 9.17) is 20.3 Å². The lowest BCUT2D eigenvalue weighted by Crippen LogP contribution is -2.48. The molecule has 1 saturated heterocycles. The van der Waals surface area contributed by atoms with Crippen molar-refractivity contribution in [1.29, 1.82) is 0 Å². The van der Waals surface area contributed by atoms with Crippen LogP contribution in [0.3, 0.4) is 0 Å². The van der Waals surface area contributed by atoms with Crippen LogP contribution in [-0.2, 0) is 0 Å². The van der Waals surface area contributed by atoms with Crippen LogP contribution >= 0.6 is 0 Å². The molecule has 2 aromatic heterocycles. The minimum absolute atomic E-state index is 0.263. The molecule has 0 spiro atoms. The molecule has 3 aromatic rings. The van der Waals surface area contributed by atoms with Crippen LogP contribution in [0, 0.1) is 0 Å². The van der Waals surface area contributed by atoms with Crippen molar-refractivity contribution >= 4 is 28.6 Å². The second-order valence-corrected chi connectivity index (χ2v) is 6.70. The van der Waals surface area contributed by atoms with Crippen molar-refractivity contribution in [3.8, 4) is 11.6 Å². The number of nitrogen functional groups attached to an aromatic ring is 1. The first-order valence-corrected chi connectivity index (χ1v) is 9.56. The highest BCUT2D eigenvalue weighted by molar-refractivity contribution is 5.85. The summed E-state index contributed by atoms with van der Waals surface area (Å²) in [7, 11) is 0. The lowest BCUT2D eigenvalue weighted by Gasteiger charge is -2.34. The summed E-state index contributed by atoms with van der Waals surface area (Å²) in [6, 6.07) is 9.33. The standard InChI is InChI=1S/C20H22N6O4/c21-16-5-4-14-2-1-3-15(17(14)24-16)29-12-13-30-19-18(22-6-7-23-19)25-8-10-26(11-9-25)20(27)28/h1-7H,8-13H2,(H2,21,24)(H,27,28). The largest absolute Gasteiger partial charge is 0.488 e. The van der Waals surface area contributed by atoms with Crippen molar-refractivity contribution in [2.45, 2.75) is 0 Å². The van der Waals surface area contributed by atoms with Gasteiger partial charge in [0.25, 0.3) is 5.88 Å². The Labute approximate surface area is 172 Å². The van der Waals surface area contributed by atoms with E-state index in [0.29, 0.717) is 61.6 Å². The molecule has 0 bridgehead atoms. The number of amides is 1. The van der Waals surface area contributed by atoms with Crippen molar-refractivity contribution in [2.75, 3.05) is 50.0 Å². The Bertz CT molecular complexity index is 1040. The molecule has 1 fully saturated rings. The average molecular weight is 410 g/mol. The molecule has 0 saturated carbocycles. The Balaban J connectivity index is 1.36. The number of carbonyl (C=O) groups is 1. The summed E-state index contributed by atoms with van der Waals surface area (Å²) in [5.74, 6) is 2.06. The molecule has 0 radical (unpaired) electrons. The molecule has 30 heavy (non-hydrogen) atoms. The van der Waals surface area contributed by atoms with Crippen LogP contribution < -0.4 is 20.1 Å². The molecular weight excluding hydrogens is 388 g/mol. The van der Waals surface area contributed by atoms with E-state index >= 15 is 0 Å². The Morgan fingerprint density at radius 3 is 2.60 bits per heavy atom. The predicted molar refractivity (Wildman–Crippen MR) is 111 cm³/mol. The Kier molecular flexibility index (Phi) is 5.64. The highest BCUT2D eigenvalue weighted by Gasteiger charge is 2.23. The van der Waals surface area contributed by atoms with Crippen LogP contribution in [0.15, 0.2) is 42.7 Å². The smallest absolute Gasteiger partial charge is 0.407 e. The summed E-state index contributed by atoms with van der Waals surface area (Å²) in [4.78, 5) is 27.4. The SMILES string of the molecule is Nc1ccc2cccc(OCCOc3nccnc3N3CCN(C(=O)O)CC3)c2n1. The predicted octanol–water partition coefficient (Wildman–Crippen LogP) is 1.86. The third-order valence-corrected chi connectivity index (χ3v) is 4.78. The third-order valence-electron chi connectivity index (χ3n) is 4.78. The summed E-state index contributed by atoms with van der Waals surface area (Å²) in [5.41, 5.74) is 6.49. The number of nitrogens with zero attached hydrogens (tertiary/aromatic N) is 5. The first-order chi connectivity index (χ1) is 14.6. The third kappa shape index (κ3) is 4.27. The number of ether oxygens (including phenoxy) is 2. The van der Waals surface area contributed by atoms with Gasteiger partial charge in [0, 0.05) is 44.0 Å². The number of benzene rings is 1. The topological polar surface area (TPSA) is 127 Å². The van der Waals surface area contributed by atoms with Crippen LogP contribution in [0.5, 0.6) is 11.6 Å². The zero-order chi connectivity index (χ0) is 20.9. The Morgan fingerprint density at radius 2 is 1.80 bits per heavy atom. The van der Waals surface area contributed by atoms with Gasteiger partial charge in [-0.25, -0.2) is 19.7 Å². The van der Waals surface area contributed by atoms with Gasteiger partial charge in [-0.3, -0.25) is 0 Å². The molecule has 10 nitrogen and oxygen atoms in total. The van der Waals surface area contributed by atoms with Crippen molar-refractivity contribution in [2.24, 2.45) is 0 Å². The second kappa shape index (κ2) is 8.68. The van der Waals surface area contributed by atoms with Gasteiger partial charge in [0.2, 0.25) is 0 Å². The van der Waals surface area contributed by atoms with Gasteiger partial charge in [0.05, 0.1) is 0 Å². The van der Waals surface area contributed by atoms with E-state index < -0.39 is 6.09 Å². The summed E-state index contributed by atoms with van der Waals surface area (Å²) >= 11 is 0. The number of hydrogen-bond donors (Lipinski definition) is 2. The van der Waals surface area contributed by atoms with Crippen LogP contribution in [0.1, 0.15) is 0 Å². The van der Waals surface area contributed by atoms with Crippen LogP contribution in [0.2, 0.25) is 0 Å². The number of fused-ring (bicyclic) bond motifs is 1. The molecule has 0 aliphatic carbocycles. The fourth-order valence-electron chi connectivity index (χ4n) is 3.29. The fraction of sp³-hybridized carbons (Fsp3) is 0.300. The van der Waals surface area contributed by atoms with E-state index in [1.54, 1.807) is 18.5 Å². The highest BCUT2D eigenvalue weighted by atomic mass is 16.5. The van der Waals surface area contributed by atoms with Crippen molar-refractivity contribution < 1.29 is 19.4 Å². The minimum Gasteiger partial charge on any atom is -0.488 e. The number of hydrogen-bond acceptors (Lipinski definition) is 8. The van der Waals surface area contributed by atoms with E-state index in [9.17, 15) is 4.79 Å². The second-order valence-electron chi connectivity index (χ2n) is 6.70. The molecule has 1 aliphatic heterocycles. The zero-order valence-corrected chi connectivity index (χ0v) is 16.3. The summed E-state index contributed by atoms with van der Waals surface area (Å²) < 4.78 is 11.7. The number of carboxylic acid groups (broad SMARTS) is 1. The number of rotatable bonds is 6. The minimum atomic E-state index is -0.910. The maximum absolute atomic E-state index is 11.1. The van der Waals surface area contributed by atoms with Crippen LogP contribution in [0.4, 0.5) is 16.4 Å². The van der Waals surface area contributed by atoms with Gasteiger partial charge < -0.3 is 30.1 Å². The monoisotopic (exact) mass is 410 g/mol. The Hall–Kier alpha value is -3.82. The highest BCUT2D eigenvalue weighted by Crippen LogP contribution is 2.26. The van der Waals surface area contributed by atoms with Gasteiger partial charge in [-0.15, -0.1) is 0 Å². The maximum Gasteiger partial charge on any atom is 0.407 e. The lowest BCUT2D eigenvalue weighted by atomic mass is 10.2. The lowest BCUT2D eigenvalue weighted by molar-refractivity contribution is 0.142. The van der Waals surface area contributed by atoms with Gasteiger partial charge in [-0.2, -0.15) is 0 Å². The van der Waals surface area contributed by atoms with Crippen molar-refractivity contribution in [1.82, 2.24) is 19.9 Å². The Morgan fingerprint density at radius 1 is 1.03 bits per heavy atom. The number of aromatic nitrogens is 3. The first kappa shape index (κ1) is 19.5. The van der Waals surface area contributed by atoms with Crippen LogP contribution in [0.25, 0.3) is 10.9 Å². The van der Waals surface area contributed by atoms with E-state index in [1.807, 2.05) is 29.2 Å². The molecule has 0 unspecified atom stereocenters. The van der Waals surface area contributed by atoms with Gasteiger partial charge in [-0.1, -0.05) is 12.1 Å². The molecule has 4 rings (SSSR count). The molecule has 1 aromatic carbocycles. The normalized spacial score (nSPS) is 14.0. The summed E-state index contributed by atoms with van der Waals surface area (Å²) in [6.07, 6.45) is 2.24. The molecule has 0 atom stereocenters. The molecule has 1 amide bonds. The van der Waals surface area contributed by atoms with Gasteiger partial charge in [-0.05, 0) is 18.2 Å². The first-order valence-electron chi connectivity index (χ1n) is 9.56. The molecule has 1 aliphatic rings. The van der Waals surface area contributed by atoms with E-state index in [1.165, 1.54) is 4.90 Å². The van der Waals surface area contributed by atoms with Gasteiger partial charge in [0.15, 0.2) is 5.82 Å². The number of para-hydroxylation sites is 1. The number of pyridine rings is 1. The number of anilines is 2. The summed E-state index contributed by atoms with van der Waals surface area (Å²) in [5, 5.41) is 10.0. The summed E-state index contributed by atoms with van der Waals surface area (Å²) in [6.45, 7) is 2.43. The molecular formula is C20H22N6O4. The molecule has 3 heterocycles. The average Bonchev–Trinajstić information content (AvgIpc) is 2.77. The molecule has 156 valence electrons. The van der Waals surface area contributed by atoms with Crippen molar-refractivity contribution in [3.63, 3.8) is 0 Å². The van der Waals surface area contributed by atoms with Crippen LogP contribution in [-0.4, -0.2) is 70.4 Å². The van der Waals surface area contributed by atoms with E-state index in [-0.39, 0.29) is 6.61 Å². The van der Waals surface area contributed by atoms with E-state index in [2.05, 4.69) is 15.0 Å². The van der Waals surface area contributed by atoms with Gasteiger partial charge >= 0.3 is 6.09 Å². The number of piperazine rings is 1. The maximum atomic E-state index is 11.1. The number of nitrogens with two attached hydrogens (primary N) is 1. The van der Waals surface area contributed by atoms with Crippen molar-refractivity contribution in [3.05, 3.63) is 42.7 Å². The van der Waals surface area contributed by atoms with Gasteiger partial charge in [0.1, 0.15) is 30.3 Å². The zero-order valence-electron chi connectivity index (χ0n) is 16.3. The fourth-order valence-corrected chi connectivity index (χ4v) is 3.29. The van der Waals surface area contributed by atoms with E-state index in [0.717, 1.165) is 5.39 Å². The molecule has 3 N–H and O–H groups in total.